The van der Waals surface area contributed by atoms with Gasteiger partial charge in [0.15, 0.2) is 0 Å². The summed E-state index contributed by atoms with van der Waals surface area (Å²) < 4.78 is 20.5. The highest BCUT2D eigenvalue weighted by molar-refractivity contribution is 5.90. The second-order valence-corrected chi connectivity index (χ2v) is 6.06. The van der Waals surface area contributed by atoms with Crippen molar-refractivity contribution in [2.24, 2.45) is 0 Å². The van der Waals surface area contributed by atoms with E-state index in [0.29, 0.717) is 17.0 Å². The summed E-state index contributed by atoms with van der Waals surface area (Å²) >= 11 is 0. The lowest BCUT2D eigenvalue weighted by Gasteiger charge is -2.11. The van der Waals surface area contributed by atoms with E-state index in [1.54, 1.807) is 30.3 Å². The Bertz CT molecular complexity index is 1100. The van der Waals surface area contributed by atoms with E-state index in [4.69, 9.17) is 4.74 Å². The minimum absolute atomic E-state index is 0.0803. The minimum Gasteiger partial charge on any atom is -0.497 e. The van der Waals surface area contributed by atoms with Crippen LogP contribution in [-0.4, -0.2) is 22.2 Å². The zero-order valence-corrected chi connectivity index (χ0v) is 15.1. The average molecular weight is 383 g/mol. The fourth-order valence-corrected chi connectivity index (χ4v) is 2.67. The van der Waals surface area contributed by atoms with Crippen LogP contribution in [-0.2, 0) is 17.9 Å². The SMILES string of the molecule is COc1ccc(NC(=O)Cn2c(=O)ccn(Cc3cccc(F)c3)c2=O)cc1. The van der Waals surface area contributed by atoms with Crippen molar-refractivity contribution in [2.45, 2.75) is 13.1 Å². The normalized spacial score (nSPS) is 10.5. The van der Waals surface area contributed by atoms with Gasteiger partial charge in [-0.25, -0.2) is 9.18 Å². The van der Waals surface area contributed by atoms with Gasteiger partial charge in [0.2, 0.25) is 5.91 Å². The van der Waals surface area contributed by atoms with Crippen molar-refractivity contribution in [2.75, 3.05) is 12.4 Å². The van der Waals surface area contributed by atoms with Crippen LogP contribution in [0.25, 0.3) is 0 Å². The molecule has 0 aliphatic rings. The molecule has 8 heteroatoms. The second-order valence-electron chi connectivity index (χ2n) is 6.06. The topological polar surface area (TPSA) is 82.3 Å². The molecule has 0 aliphatic heterocycles. The largest absolute Gasteiger partial charge is 0.497 e. The number of nitrogens with one attached hydrogen (secondary N) is 1. The lowest BCUT2D eigenvalue weighted by molar-refractivity contribution is -0.116. The van der Waals surface area contributed by atoms with E-state index in [1.807, 2.05) is 0 Å². The summed E-state index contributed by atoms with van der Waals surface area (Å²) in [6.07, 6.45) is 1.33. The number of hydrogen-bond acceptors (Lipinski definition) is 4. The molecule has 7 nitrogen and oxygen atoms in total. The molecular weight excluding hydrogens is 365 g/mol. The first kappa shape index (κ1) is 19.1. The monoisotopic (exact) mass is 383 g/mol. The molecule has 1 N–H and O–H groups in total. The fraction of sp³-hybridized carbons (Fsp3) is 0.150. The van der Waals surface area contributed by atoms with E-state index in [0.717, 1.165) is 4.57 Å². The van der Waals surface area contributed by atoms with Crippen LogP contribution in [0.2, 0.25) is 0 Å². The summed E-state index contributed by atoms with van der Waals surface area (Å²) in [5.74, 6) is -0.303. The smallest absolute Gasteiger partial charge is 0.331 e. The minimum atomic E-state index is -0.651. The molecule has 1 amide bonds. The van der Waals surface area contributed by atoms with Gasteiger partial charge in [0, 0.05) is 18.0 Å². The molecule has 1 aromatic heterocycles. The van der Waals surface area contributed by atoms with Crippen molar-refractivity contribution in [1.82, 2.24) is 9.13 Å². The molecule has 0 spiro atoms. The Hall–Kier alpha value is -3.68. The van der Waals surface area contributed by atoms with E-state index in [1.165, 1.54) is 42.1 Å². The Morgan fingerprint density at radius 1 is 1.11 bits per heavy atom. The molecule has 0 aliphatic carbocycles. The summed E-state index contributed by atoms with van der Waals surface area (Å²) in [7, 11) is 1.53. The maximum Gasteiger partial charge on any atom is 0.331 e. The van der Waals surface area contributed by atoms with Crippen LogP contribution in [0.4, 0.5) is 10.1 Å². The van der Waals surface area contributed by atoms with E-state index in [2.05, 4.69) is 5.32 Å². The van der Waals surface area contributed by atoms with Gasteiger partial charge in [-0.1, -0.05) is 12.1 Å². The second kappa shape index (κ2) is 8.34. The third kappa shape index (κ3) is 4.53. The third-order valence-corrected chi connectivity index (χ3v) is 4.06. The Morgan fingerprint density at radius 3 is 2.54 bits per heavy atom. The van der Waals surface area contributed by atoms with Gasteiger partial charge in [0.1, 0.15) is 18.1 Å². The molecule has 0 atom stereocenters. The van der Waals surface area contributed by atoms with Crippen molar-refractivity contribution >= 4 is 11.6 Å². The predicted molar refractivity (Wildman–Crippen MR) is 102 cm³/mol. The summed E-state index contributed by atoms with van der Waals surface area (Å²) in [5.41, 5.74) is -0.170. The molecule has 28 heavy (non-hydrogen) atoms. The van der Waals surface area contributed by atoms with Crippen molar-refractivity contribution in [3.63, 3.8) is 0 Å². The molecular formula is C20H18FN3O4. The number of aromatic nitrogens is 2. The molecule has 0 unspecified atom stereocenters. The standard InChI is InChI=1S/C20H18FN3O4/c1-28-17-7-5-16(6-8-17)22-18(25)13-24-19(26)9-10-23(20(24)27)12-14-3-2-4-15(21)11-14/h2-11H,12-13H2,1H3,(H,22,25). The fourth-order valence-electron chi connectivity index (χ4n) is 2.67. The van der Waals surface area contributed by atoms with Gasteiger partial charge in [0.05, 0.1) is 13.7 Å². The van der Waals surface area contributed by atoms with Crippen molar-refractivity contribution in [3.05, 3.63) is 93.0 Å². The van der Waals surface area contributed by atoms with Crippen molar-refractivity contribution in [3.8, 4) is 5.75 Å². The molecule has 2 aromatic carbocycles. The Labute approximate surface area is 159 Å². The molecule has 144 valence electrons. The Morgan fingerprint density at radius 2 is 1.86 bits per heavy atom. The van der Waals surface area contributed by atoms with Crippen LogP contribution in [0.15, 0.2) is 70.4 Å². The van der Waals surface area contributed by atoms with Crippen LogP contribution < -0.4 is 21.3 Å². The van der Waals surface area contributed by atoms with E-state index in [9.17, 15) is 18.8 Å². The lowest BCUT2D eigenvalue weighted by Crippen LogP contribution is -2.41. The number of anilines is 1. The summed E-state index contributed by atoms with van der Waals surface area (Å²) in [6.45, 7) is -0.356. The maximum atomic E-state index is 13.3. The molecule has 0 radical (unpaired) electrons. The van der Waals surface area contributed by atoms with Gasteiger partial charge < -0.3 is 10.1 Å². The Balaban J connectivity index is 1.78. The number of nitrogens with zero attached hydrogens (tertiary/aromatic N) is 2. The van der Waals surface area contributed by atoms with Crippen LogP contribution >= 0.6 is 0 Å². The van der Waals surface area contributed by atoms with Crippen LogP contribution in [0.1, 0.15) is 5.56 Å². The molecule has 0 saturated carbocycles. The van der Waals surface area contributed by atoms with Gasteiger partial charge in [-0.2, -0.15) is 0 Å². The highest BCUT2D eigenvalue weighted by Crippen LogP contribution is 2.14. The average Bonchev–Trinajstić information content (AvgIpc) is 2.68. The number of amides is 1. The van der Waals surface area contributed by atoms with Crippen molar-refractivity contribution < 1.29 is 13.9 Å². The predicted octanol–water partition coefficient (Wildman–Crippen LogP) is 1.84. The number of carbonyl (C=O) groups is 1. The molecule has 0 saturated heterocycles. The number of carbonyl (C=O) groups excluding carboxylic acids is 1. The number of ether oxygens (including phenoxy) is 1. The third-order valence-electron chi connectivity index (χ3n) is 4.06. The number of rotatable bonds is 6. The van der Waals surface area contributed by atoms with Gasteiger partial charge in [-0.15, -0.1) is 0 Å². The number of methoxy groups -OCH3 is 1. The molecule has 0 bridgehead atoms. The molecule has 3 rings (SSSR count). The zero-order chi connectivity index (χ0) is 20.1. The van der Waals surface area contributed by atoms with E-state index in [-0.39, 0.29) is 6.54 Å². The van der Waals surface area contributed by atoms with Crippen LogP contribution in [0, 0.1) is 5.82 Å². The van der Waals surface area contributed by atoms with Gasteiger partial charge in [0.25, 0.3) is 5.56 Å². The zero-order valence-electron chi connectivity index (χ0n) is 15.1. The lowest BCUT2D eigenvalue weighted by atomic mass is 10.2. The first-order valence-corrected chi connectivity index (χ1v) is 8.45. The molecule has 0 fully saturated rings. The van der Waals surface area contributed by atoms with E-state index < -0.39 is 29.5 Å². The van der Waals surface area contributed by atoms with Gasteiger partial charge in [-0.3, -0.25) is 18.7 Å². The first-order chi connectivity index (χ1) is 13.5. The highest BCUT2D eigenvalue weighted by Gasteiger charge is 2.11. The summed E-state index contributed by atoms with van der Waals surface area (Å²) in [4.78, 5) is 36.9. The first-order valence-electron chi connectivity index (χ1n) is 8.45. The van der Waals surface area contributed by atoms with Gasteiger partial charge >= 0.3 is 5.69 Å². The summed E-state index contributed by atoms with van der Waals surface area (Å²) in [6, 6.07) is 13.7. The Kier molecular flexibility index (Phi) is 5.69. The van der Waals surface area contributed by atoms with Crippen molar-refractivity contribution in [1.29, 1.82) is 0 Å². The highest BCUT2D eigenvalue weighted by atomic mass is 19.1. The number of halogens is 1. The molecule has 1 heterocycles. The summed E-state index contributed by atoms with van der Waals surface area (Å²) in [5, 5.41) is 2.62. The number of benzene rings is 2. The quantitative estimate of drug-likeness (QED) is 0.704. The maximum absolute atomic E-state index is 13.3. The number of hydrogen-bond donors (Lipinski definition) is 1. The van der Waals surface area contributed by atoms with E-state index >= 15 is 0 Å². The molecule has 3 aromatic rings. The van der Waals surface area contributed by atoms with Gasteiger partial charge in [-0.05, 0) is 42.0 Å². The van der Waals surface area contributed by atoms with Crippen LogP contribution in [0.5, 0.6) is 5.75 Å². The van der Waals surface area contributed by atoms with Crippen LogP contribution in [0.3, 0.4) is 0 Å².